The first kappa shape index (κ1) is 32.8. The fourth-order valence-corrected chi connectivity index (χ4v) is 8.34. The molecule has 2 heterocycles. The van der Waals surface area contributed by atoms with E-state index in [9.17, 15) is 0 Å². The Bertz CT molecular complexity index is 3240. The zero-order chi connectivity index (χ0) is 37.7. The predicted molar refractivity (Wildman–Crippen MR) is 237 cm³/mol. The maximum atomic E-state index is 6.06. The lowest BCUT2D eigenvalue weighted by molar-refractivity contribution is 0.618. The molecular weight excluding hydrogens is 693 g/mol. The van der Waals surface area contributed by atoms with Gasteiger partial charge in [-0.2, -0.15) is 0 Å². The molecule has 2 aromatic heterocycles. The minimum absolute atomic E-state index is 0.587. The summed E-state index contributed by atoms with van der Waals surface area (Å²) >= 11 is 0. The number of aromatic nitrogens is 2. The van der Waals surface area contributed by atoms with Crippen LogP contribution in [-0.2, 0) is 0 Å². The van der Waals surface area contributed by atoms with Crippen molar-refractivity contribution in [2.45, 2.75) is 0 Å². The van der Waals surface area contributed by atoms with Crippen LogP contribution < -0.4 is 0 Å². The van der Waals surface area contributed by atoms with Crippen LogP contribution in [0, 0.1) is 0 Å². The number of hydrogen-bond acceptors (Lipinski definition) is 3. The Hall–Kier alpha value is -7.62. The van der Waals surface area contributed by atoms with E-state index in [1.54, 1.807) is 12.4 Å². The van der Waals surface area contributed by atoms with E-state index in [1.165, 1.54) is 65.7 Å². The highest BCUT2D eigenvalue weighted by atomic mass is 16.3. The van der Waals surface area contributed by atoms with E-state index >= 15 is 0 Å². The molecule has 0 saturated heterocycles. The van der Waals surface area contributed by atoms with Crippen LogP contribution in [0.2, 0.25) is 0 Å². The summed E-state index contributed by atoms with van der Waals surface area (Å²) in [7, 11) is 0. The Morgan fingerprint density at radius 1 is 0.298 bits per heavy atom. The van der Waals surface area contributed by atoms with Gasteiger partial charge < -0.3 is 4.42 Å². The van der Waals surface area contributed by atoms with Gasteiger partial charge in [0.2, 0.25) is 5.89 Å². The van der Waals surface area contributed by atoms with Gasteiger partial charge in [-0.3, -0.25) is 4.98 Å². The molecule has 266 valence electrons. The Balaban J connectivity index is 1.01. The molecule has 0 fully saturated rings. The Morgan fingerprint density at radius 3 is 1.30 bits per heavy atom. The molecule has 0 atom stereocenters. The third kappa shape index (κ3) is 5.94. The quantitative estimate of drug-likeness (QED) is 0.160. The number of pyridine rings is 1. The minimum atomic E-state index is 0.587. The van der Waals surface area contributed by atoms with Crippen molar-refractivity contribution in [1.29, 1.82) is 0 Å². The molecule has 3 heteroatoms. The molecule has 3 nitrogen and oxygen atoms in total. The van der Waals surface area contributed by atoms with Gasteiger partial charge in [0.05, 0.1) is 6.20 Å². The standard InChI is InChI=1S/C54H34N2O/c1-2-11-35(12-3-1)43-30-44(39-16-8-13-36(27-39)38-15-10-18-42(29-38)54-56-52-25-26-55-34-53(52)57-54)32-45(31-43)40-17-9-14-37(28-40)41-23-24-50-48-21-5-4-19-46(48)47-20-6-7-22-49(47)51(50)33-41/h1-34H. The normalized spacial score (nSPS) is 11.5. The first-order chi connectivity index (χ1) is 28.2. The predicted octanol–water partition coefficient (Wildman–Crippen LogP) is 14.7. The van der Waals surface area contributed by atoms with Gasteiger partial charge in [0, 0.05) is 11.8 Å². The lowest BCUT2D eigenvalue weighted by atomic mass is 9.90. The smallest absolute Gasteiger partial charge is 0.227 e. The summed E-state index contributed by atoms with van der Waals surface area (Å²) in [6.45, 7) is 0. The van der Waals surface area contributed by atoms with Gasteiger partial charge in [-0.15, -0.1) is 0 Å². The molecule has 0 N–H and O–H groups in total. The van der Waals surface area contributed by atoms with Crippen LogP contribution in [0.1, 0.15) is 0 Å². The molecule has 0 radical (unpaired) electrons. The number of rotatable bonds is 6. The molecule has 0 aliphatic carbocycles. The van der Waals surface area contributed by atoms with Gasteiger partial charge in [-0.25, -0.2) is 4.98 Å². The molecule has 0 aliphatic heterocycles. The molecule has 57 heavy (non-hydrogen) atoms. The van der Waals surface area contributed by atoms with E-state index < -0.39 is 0 Å². The van der Waals surface area contributed by atoms with Crippen LogP contribution in [0.4, 0.5) is 0 Å². The second-order valence-electron chi connectivity index (χ2n) is 14.6. The van der Waals surface area contributed by atoms with Crippen molar-refractivity contribution in [3.63, 3.8) is 0 Å². The number of fused-ring (bicyclic) bond motifs is 7. The van der Waals surface area contributed by atoms with E-state index in [1.807, 2.05) is 12.1 Å². The van der Waals surface area contributed by atoms with Crippen LogP contribution in [0.25, 0.3) is 111 Å². The molecule has 11 aromatic rings. The molecule has 11 rings (SSSR count). The summed E-state index contributed by atoms with van der Waals surface area (Å²) in [5, 5.41) is 7.70. The van der Waals surface area contributed by atoms with E-state index in [-0.39, 0.29) is 0 Å². The Labute approximate surface area is 330 Å². The zero-order valence-electron chi connectivity index (χ0n) is 30.9. The second-order valence-corrected chi connectivity index (χ2v) is 14.6. The monoisotopic (exact) mass is 726 g/mol. The molecule has 9 aromatic carbocycles. The summed E-state index contributed by atoms with van der Waals surface area (Å²) in [4.78, 5) is 8.90. The number of nitrogens with zero attached hydrogens (tertiary/aromatic N) is 2. The average Bonchev–Trinajstić information content (AvgIpc) is 3.74. The maximum absolute atomic E-state index is 6.06. The van der Waals surface area contributed by atoms with Gasteiger partial charge in [-0.05, 0) is 143 Å². The van der Waals surface area contributed by atoms with E-state index in [0.29, 0.717) is 11.5 Å². The summed E-state index contributed by atoms with van der Waals surface area (Å²) in [6.07, 6.45) is 3.44. The molecule has 0 bridgehead atoms. The molecule has 0 saturated carbocycles. The van der Waals surface area contributed by atoms with Crippen LogP contribution in [0.15, 0.2) is 211 Å². The summed E-state index contributed by atoms with van der Waals surface area (Å²) < 4.78 is 6.06. The summed E-state index contributed by atoms with van der Waals surface area (Å²) in [5.74, 6) is 0.587. The summed E-state index contributed by atoms with van der Waals surface area (Å²) in [5.41, 5.74) is 14.0. The van der Waals surface area contributed by atoms with Crippen molar-refractivity contribution in [1.82, 2.24) is 9.97 Å². The lowest BCUT2D eigenvalue weighted by Crippen LogP contribution is -1.88. The van der Waals surface area contributed by atoms with Crippen molar-refractivity contribution in [3.05, 3.63) is 207 Å². The van der Waals surface area contributed by atoms with Crippen LogP contribution >= 0.6 is 0 Å². The van der Waals surface area contributed by atoms with Crippen molar-refractivity contribution in [3.8, 4) is 67.1 Å². The van der Waals surface area contributed by atoms with Crippen LogP contribution in [0.5, 0.6) is 0 Å². The minimum Gasteiger partial charge on any atom is -0.434 e. The van der Waals surface area contributed by atoms with Crippen LogP contribution in [-0.4, -0.2) is 9.97 Å². The third-order valence-corrected chi connectivity index (χ3v) is 11.1. The van der Waals surface area contributed by atoms with Crippen molar-refractivity contribution in [2.75, 3.05) is 0 Å². The Kier molecular flexibility index (Phi) is 7.82. The molecule has 0 aliphatic rings. The second kappa shape index (κ2) is 13.6. The first-order valence-electron chi connectivity index (χ1n) is 19.3. The first-order valence-corrected chi connectivity index (χ1v) is 19.3. The fraction of sp³-hybridized carbons (Fsp3) is 0. The molecule has 0 spiro atoms. The van der Waals surface area contributed by atoms with Gasteiger partial charge in [0.1, 0.15) is 5.52 Å². The largest absolute Gasteiger partial charge is 0.434 e. The number of hydrogen-bond donors (Lipinski definition) is 0. The highest BCUT2D eigenvalue weighted by molar-refractivity contribution is 6.25. The maximum Gasteiger partial charge on any atom is 0.227 e. The lowest BCUT2D eigenvalue weighted by Gasteiger charge is -2.14. The van der Waals surface area contributed by atoms with Crippen LogP contribution in [0.3, 0.4) is 0 Å². The highest BCUT2D eigenvalue weighted by Crippen LogP contribution is 2.39. The van der Waals surface area contributed by atoms with Gasteiger partial charge >= 0.3 is 0 Å². The topological polar surface area (TPSA) is 38.9 Å². The van der Waals surface area contributed by atoms with Crippen molar-refractivity contribution < 1.29 is 4.42 Å². The van der Waals surface area contributed by atoms with Crippen molar-refractivity contribution in [2.24, 2.45) is 0 Å². The SMILES string of the molecule is c1ccc(-c2cc(-c3cccc(-c4cccc(-c5nc6ccncc6o5)c4)c3)cc(-c3cccc(-c4ccc5c6ccccc6c6ccccc6c5c4)c3)c2)cc1. The highest BCUT2D eigenvalue weighted by Gasteiger charge is 2.14. The van der Waals surface area contributed by atoms with E-state index in [4.69, 9.17) is 9.40 Å². The third-order valence-electron chi connectivity index (χ3n) is 11.1. The number of oxazole rings is 1. The fourth-order valence-electron chi connectivity index (χ4n) is 8.34. The zero-order valence-corrected chi connectivity index (χ0v) is 30.9. The molecule has 0 unspecified atom stereocenters. The van der Waals surface area contributed by atoms with E-state index in [0.717, 1.165) is 33.3 Å². The number of benzene rings is 9. The van der Waals surface area contributed by atoms with E-state index in [2.05, 4.69) is 187 Å². The molecular formula is C54H34N2O. The molecule has 0 amide bonds. The Morgan fingerprint density at radius 2 is 0.719 bits per heavy atom. The van der Waals surface area contributed by atoms with Gasteiger partial charge in [0.15, 0.2) is 5.58 Å². The van der Waals surface area contributed by atoms with Crippen molar-refractivity contribution >= 4 is 43.4 Å². The van der Waals surface area contributed by atoms with Gasteiger partial charge in [0.25, 0.3) is 0 Å². The average molecular weight is 727 g/mol. The summed E-state index contributed by atoms with van der Waals surface area (Å²) in [6, 6.07) is 70.1. The van der Waals surface area contributed by atoms with Gasteiger partial charge in [-0.1, -0.05) is 140 Å².